The van der Waals surface area contributed by atoms with Crippen LogP contribution in [0.3, 0.4) is 0 Å². The molecule has 2 aliphatic rings. The lowest BCUT2D eigenvalue weighted by Gasteiger charge is -2.37. The number of pyridine rings is 1. The predicted octanol–water partition coefficient (Wildman–Crippen LogP) is 5.23. The number of rotatable bonds is 6. The van der Waals surface area contributed by atoms with Gasteiger partial charge in [-0.2, -0.15) is 10.5 Å². The number of anilines is 1. The maximum atomic E-state index is 10.0. The number of benzene rings is 1. The Morgan fingerprint density at radius 3 is 2.53 bits per heavy atom. The van der Waals surface area contributed by atoms with Gasteiger partial charge in [-0.1, -0.05) is 13.0 Å². The summed E-state index contributed by atoms with van der Waals surface area (Å²) in [6.07, 6.45) is 7.43. The molecule has 174 valence electrons. The molecule has 0 radical (unpaired) electrons. The molecule has 2 fully saturated rings. The molecular weight excluding hydrogens is 440 g/mol. The Labute approximate surface area is 205 Å². The fourth-order valence-corrected chi connectivity index (χ4v) is 6.36. The Hall–Kier alpha value is -3.00. The molecule has 1 N–H and O–H groups in total. The highest BCUT2D eigenvalue weighted by Gasteiger charge is 2.29. The second-order valence-corrected chi connectivity index (χ2v) is 10.2. The maximum Gasteiger partial charge on any atom is 0.148 e. The minimum atomic E-state index is 0.558. The summed E-state index contributed by atoms with van der Waals surface area (Å²) >= 11 is 1.60. The molecule has 0 amide bonds. The number of piperidine rings is 1. The summed E-state index contributed by atoms with van der Waals surface area (Å²) in [5, 5.41) is 21.9. The summed E-state index contributed by atoms with van der Waals surface area (Å²) in [4.78, 5) is 13.1. The fourth-order valence-electron chi connectivity index (χ4n) is 5.41. The van der Waals surface area contributed by atoms with Crippen LogP contribution in [-0.4, -0.2) is 47.1 Å². The van der Waals surface area contributed by atoms with Gasteiger partial charge in [0.15, 0.2) is 0 Å². The molecule has 0 bridgehead atoms. The highest BCUT2D eigenvalue weighted by atomic mass is 32.2. The van der Waals surface area contributed by atoms with Crippen molar-refractivity contribution in [2.24, 2.45) is 0 Å². The SMILES string of the molecule is CCc1c(C#N)c(SCc2ccc3[nH]ccc3c2)nc(N2CCC(N3CCCC3)CC2)c1C#N. The van der Waals surface area contributed by atoms with Gasteiger partial charge in [0.2, 0.25) is 0 Å². The van der Waals surface area contributed by atoms with E-state index in [1.807, 2.05) is 13.1 Å². The first-order chi connectivity index (χ1) is 16.7. The first-order valence-electron chi connectivity index (χ1n) is 12.3. The van der Waals surface area contributed by atoms with E-state index in [1.165, 1.54) is 36.9 Å². The number of fused-ring (bicyclic) bond motifs is 1. The average Bonchev–Trinajstić information content (AvgIpc) is 3.58. The first-order valence-corrected chi connectivity index (χ1v) is 13.2. The largest absolute Gasteiger partial charge is 0.361 e. The summed E-state index contributed by atoms with van der Waals surface area (Å²) < 4.78 is 0. The van der Waals surface area contributed by atoms with Crippen LogP contribution >= 0.6 is 11.8 Å². The van der Waals surface area contributed by atoms with E-state index >= 15 is 0 Å². The molecule has 2 saturated heterocycles. The zero-order valence-corrected chi connectivity index (χ0v) is 20.5. The molecule has 2 aliphatic heterocycles. The van der Waals surface area contributed by atoms with E-state index in [4.69, 9.17) is 4.98 Å². The minimum Gasteiger partial charge on any atom is -0.361 e. The van der Waals surface area contributed by atoms with Crippen molar-refractivity contribution in [1.82, 2.24) is 14.9 Å². The standard InChI is InChI=1S/C27H30N6S/c1-2-22-23(16-28)26(33-13-8-21(9-14-33)32-11-3-4-12-32)31-27(24(22)17-29)34-18-19-5-6-25-20(15-19)7-10-30-25/h5-7,10,15,21,30H,2-4,8-9,11-14,18H2,1H3. The van der Waals surface area contributed by atoms with Gasteiger partial charge in [-0.25, -0.2) is 4.98 Å². The van der Waals surface area contributed by atoms with Gasteiger partial charge in [-0.05, 0) is 79.9 Å². The minimum absolute atomic E-state index is 0.558. The lowest BCUT2D eigenvalue weighted by Crippen LogP contribution is -2.44. The lowest BCUT2D eigenvalue weighted by atomic mass is 9.99. The van der Waals surface area contributed by atoms with Crippen LogP contribution in [0.5, 0.6) is 0 Å². The normalized spacial score (nSPS) is 17.2. The Balaban J connectivity index is 1.41. The number of likely N-dealkylation sites (tertiary alicyclic amines) is 1. The number of thioether (sulfide) groups is 1. The Morgan fingerprint density at radius 2 is 1.82 bits per heavy atom. The Morgan fingerprint density at radius 1 is 1.06 bits per heavy atom. The van der Waals surface area contributed by atoms with Crippen molar-refractivity contribution in [1.29, 1.82) is 10.5 Å². The number of nitrogens with one attached hydrogen (secondary N) is 1. The van der Waals surface area contributed by atoms with Crippen molar-refractivity contribution >= 4 is 28.5 Å². The molecule has 0 atom stereocenters. The van der Waals surface area contributed by atoms with E-state index in [1.54, 1.807) is 11.8 Å². The Kier molecular flexibility index (Phi) is 6.76. The third-order valence-corrected chi connectivity index (χ3v) is 8.29. The van der Waals surface area contributed by atoms with Crippen molar-refractivity contribution in [2.75, 3.05) is 31.1 Å². The van der Waals surface area contributed by atoms with E-state index in [-0.39, 0.29) is 0 Å². The van der Waals surface area contributed by atoms with Crippen LogP contribution in [0.2, 0.25) is 0 Å². The van der Waals surface area contributed by atoms with E-state index in [9.17, 15) is 10.5 Å². The van der Waals surface area contributed by atoms with Crippen LogP contribution < -0.4 is 4.90 Å². The molecule has 2 aromatic heterocycles. The van der Waals surface area contributed by atoms with Crippen LogP contribution in [0.4, 0.5) is 5.82 Å². The third-order valence-electron chi connectivity index (χ3n) is 7.24. The van der Waals surface area contributed by atoms with E-state index in [2.05, 4.69) is 51.2 Å². The molecule has 4 heterocycles. The van der Waals surface area contributed by atoms with Crippen LogP contribution in [0.25, 0.3) is 10.9 Å². The van der Waals surface area contributed by atoms with Gasteiger partial charge in [-0.3, -0.25) is 0 Å². The lowest BCUT2D eigenvalue weighted by molar-refractivity contribution is 0.207. The number of aromatic amines is 1. The van der Waals surface area contributed by atoms with E-state index < -0.39 is 0 Å². The zero-order valence-electron chi connectivity index (χ0n) is 19.7. The van der Waals surface area contributed by atoms with Crippen LogP contribution in [0, 0.1) is 22.7 Å². The smallest absolute Gasteiger partial charge is 0.148 e. The molecule has 0 spiro atoms. The predicted molar refractivity (Wildman–Crippen MR) is 137 cm³/mol. The summed E-state index contributed by atoms with van der Waals surface area (Å²) in [6, 6.07) is 13.9. The number of nitrogens with zero attached hydrogens (tertiary/aromatic N) is 5. The quantitative estimate of drug-likeness (QED) is 0.497. The second-order valence-electron chi connectivity index (χ2n) is 9.20. The molecule has 5 rings (SSSR count). The van der Waals surface area contributed by atoms with Crippen LogP contribution in [-0.2, 0) is 12.2 Å². The number of H-pyrrole nitrogens is 1. The van der Waals surface area contributed by atoms with Crippen molar-refractivity contribution in [3.8, 4) is 12.1 Å². The topological polar surface area (TPSA) is 82.7 Å². The van der Waals surface area contributed by atoms with Crippen LogP contribution in [0.1, 0.15) is 54.9 Å². The maximum absolute atomic E-state index is 10.0. The summed E-state index contributed by atoms with van der Waals surface area (Å²) in [6.45, 7) is 6.28. The Bertz CT molecular complexity index is 1250. The molecule has 7 heteroatoms. The van der Waals surface area contributed by atoms with Gasteiger partial charge in [0, 0.05) is 36.6 Å². The average molecular weight is 471 g/mol. The molecule has 0 unspecified atom stereocenters. The summed E-state index contributed by atoms with van der Waals surface area (Å²) in [5.74, 6) is 1.50. The number of hydrogen-bond acceptors (Lipinski definition) is 6. The van der Waals surface area contributed by atoms with Gasteiger partial charge in [0.1, 0.15) is 23.0 Å². The van der Waals surface area contributed by atoms with Gasteiger partial charge >= 0.3 is 0 Å². The van der Waals surface area contributed by atoms with Crippen molar-refractivity contribution in [2.45, 2.75) is 55.8 Å². The molecule has 3 aromatic rings. The first kappa shape index (κ1) is 22.8. The third kappa shape index (κ3) is 4.39. The number of nitriles is 2. The highest BCUT2D eigenvalue weighted by Crippen LogP contribution is 2.35. The van der Waals surface area contributed by atoms with Crippen molar-refractivity contribution in [3.05, 3.63) is 52.7 Å². The number of aromatic nitrogens is 2. The summed E-state index contributed by atoms with van der Waals surface area (Å²) in [7, 11) is 0. The molecule has 6 nitrogen and oxygen atoms in total. The van der Waals surface area contributed by atoms with Gasteiger partial charge < -0.3 is 14.8 Å². The highest BCUT2D eigenvalue weighted by molar-refractivity contribution is 7.98. The van der Waals surface area contributed by atoms with Gasteiger partial charge in [-0.15, -0.1) is 11.8 Å². The molecule has 0 saturated carbocycles. The van der Waals surface area contributed by atoms with Gasteiger partial charge in [0.05, 0.1) is 11.1 Å². The number of hydrogen-bond donors (Lipinski definition) is 1. The molecular formula is C27H30N6S. The van der Waals surface area contributed by atoms with Crippen molar-refractivity contribution < 1.29 is 0 Å². The monoisotopic (exact) mass is 470 g/mol. The zero-order chi connectivity index (χ0) is 23.5. The molecule has 1 aromatic carbocycles. The van der Waals surface area contributed by atoms with Gasteiger partial charge in [0.25, 0.3) is 0 Å². The van der Waals surface area contributed by atoms with E-state index in [0.717, 1.165) is 53.6 Å². The van der Waals surface area contributed by atoms with E-state index in [0.29, 0.717) is 23.6 Å². The summed E-state index contributed by atoms with van der Waals surface area (Å²) in [5.41, 5.74) is 4.29. The van der Waals surface area contributed by atoms with Crippen LogP contribution in [0.15, 0.2) is 35.5 Å². The molecule has 34 heavy (non-hydrogen) atoms. The fraction of sp³-hybridized carbons (Fsp3) is 0.444. The molecule has 0 aliphatic carbocycles. The second kappa shape index (κ2) is 10.1. The van der Waals surface area contributed by atoms with Crippen molar-refractivity contribution in [3.63, 3.8) is 0 Å².